The second-order valence-corrected chi connectivity index (χ2v) is 38.4. The van der Waals surface area contributed by atoms with Gasteiger partial charge in [0.2, 0.25) is 0 Å². The summed E-state index contributed by atoms with van der Waals surface area (Å²) in [6, 6.07) is 0.0887. The number of allylic oxidation sites excluding steroid dienone is 4. The number of rotatable bonds is 17. The SMILES string of the molecule is CCC(C)[C@H]1O[C@]2(C=C[C@@H]1C)C[C@@H]1C[C@@H](C/C=C(\C)[C@@H](O[C@H]3C[C@H](OC)[C@@H](O[C@H]4C[C@@H](OC)[C@H](NC)[C@@H](C)O4)[C@H](C)O3)[C@@H](C)/C=C/C=C3\CO[C@@H]4[C@H](O)C(C)=C[C@@H](C(=O)O1)[C@]34O)O2.CN[C@@H]1[C@@H](C)O[C@@H](O[C@H]2[C@H](C)O[C@@H](O[C@@H]3/C(C)=C/C[C@@H]4C[C@@H](C[C@]5(C=C[C@H](C)[C@@H](C(C)C)O5)O4)OC(=O)[C@@H]4C=C(C)[C@@H](O)[C@H]5OC/C(=C\C=C\[C@@H]3C)[C@]54O)C[C@@H]2OC)C[C@H]1OC. The van der Waals surface area contributed by atoms with Gasteiger partial charge in [0.05, 0.1) is 111 Å². The molecule has 12 heterocycles. The number of hydrogen-bond acceptors (Lipinski definition) is 28. The Hall–Kier alpha value is -4.62. The van der Waals surface area contributed by atoms with Crippen LogP contribution in [0, 0.1) is 47.3 Å². The number of aliphatic hydroxyl groups excluding tert-OH is 2. The van der Waals surface area contributed by atoms with E-state index in [0.717, 1.165) is 17.6 Å². The van der Waals surface area contributed by atoms with Gasteiger partial charge in [0.25, 0.3) is 0 Å². The minimum absolute atomic E-state index is 0.0407. The molecular formula is C97H148N2O26. The van der Waals surface area contributed by atoms with Crippen LogP contribution >= 0.6 is 0 Å². The highest BCUT2D eigenvalue weighted by Gasteiger charge is 2.63. The minimum atomic E-state index is -1.83. The molecule has 0 aromatic heterocycles. The lowest BCUT2D eigenvalue weighted by Gasteiger charge is -2.48. The summed E-state index contributed by atoms with van der Waals surface area (Å²) < 4.78 is 129. The number of aliphatic hydroxyl groups is 4. The third-order valence-electron chi connectivity index (χ3n) is 29.2. The first-order valence-electron chi connectivity index (χ1n) is 46.2. The standard InChI is InChI=1S/C49H75NO13.C48H73NO13/c1-12-26(2)44-29(5)18-19-48(63-44)24-35-21-34(62-48)17-16-28(4)43(27(3)14-13-15-33-25-56-46-42(51)30(6)20-36(47(52)59-35)49(33,46)53)60-40-23-38(55-11)45(32(8)58-40)61-39-22-37(54-10)41(50-9)31(7)57-39;1-25(2)42-28(5)17-18-47(62-42)23-34-20-33(61-47)16-15-27(4)43(26(3)13-12-14-32-24-55-45-41(50)29(6)19-35(46(51)58-34)48(32,45)52)59-39-22-37(54-11)44(31(8)57-39)60-38-21-36(53-10)40(49-9)30(7)56-38/h13-16,18-20,26-27,29,31-32,34-46,50-51,53H,12,17,21-25H2,1-11H3;12-15,17-19,25-26,28,30-31,33-45,49-50,52H,16,20-24H2,1-11H3/b14-13+,28-16+,33-15+;13-12+,27-15+,32-14+/t26?,27-,29-,31+,32-,34+,35-,36-,37+,38-,39-,40-,41+,42+,43-,44+,45-,46+,48+,49+;26-,28-,30+,31-,33+,34-,35-,36+,37-,38-,39-,40+,41+,42+,43-,44-,45+,47+,48+/m00/s1. The Kier molecular flexibility index (Phi) is 32.6. The number of nitrogens with one attached hydrogen (secondary N) is 2. The second-order valence-electron chi connectivity index (χ2n) is 38.4. The van der Waals surface area contributed by atoms with Crippen molar-refractivity contribution in [3.63, 3.8) is 0 Å². The van der Waals surface area contributed by atoms with E-state index in [1.54, 1.807) is 66.6 Å². The molecule has 2 spiro atoms. The summed E-state index contributed by atoms with van der Waals surface area (Å²) >= 11 is 0. The molecule has 0 saturated carbocycles. The van der Waals surface area contributed by atoms with E-state index in [4.69, 9.17) is 94.7 Å². The zero-order valence-corrected chi connectivity index (χ0v) is 77.8. The number of hydrogen-bond donors (Lipinski definition) is 6. The largest absolute Gasteiger partial charge is 0.462 e. The number of likely N-dealkylation sites (N-methyl/N-ethyl adjacent to an activating group) is 2. The third-order valence-corrected chi connectivity index (χ3v) is 29.2. The lowest BCUT2D eigenvalue weighted by atomic mass is 9.71. The van der Waals surface area contributed by atoms with Gasteiger partial charge in [-0.15, -0.1) is 0 Å². The van der Waals surface area contributed by atoms with Gasteiger partial charge in [0.1, 0.15) is 71.9 Å². The number of carbonyl (C=O) groups excluding carboxylic acids is 2. The van der Waals surface area contributed by atoms with E-state index in [1.165, 1.54) is 0 Å². The highest BCUT2D eigenvalue weighted by Crippen LogP contribution is 2.51. The smallest absolute Gasteiger partial charge is 0.316 e. The van der Waals surface area contributed by atoms with Crippen molar-refractivity contribution >= 4 is 11.9 Å². The van der Waals surface area contributed by atoms with Crippen molar-refractivity contribution in [3.8, 4) is 0 Å². The van der Waals surface area contributed by atoms with Crippen LogP contribution in [0.25, 0.3) is 0 Å². The molecule has 14 rings (SSSR count). The number of esters is 2. The number of ether oxygens (including phenoxy) is 20. The molecule has 6 N–H and O–H groups in total. The van der Waals surface area contributed by atoms with E-state index in [1.807, 2.05) is 78.2 Å². The average Bonchev–Trinajstić information content (AvgIpc) is 1.60. The molecule has 2 aliphatic carbocycles. The van der Waals surface area contributed by atoms with Gasteiger partial charge in [0, 0.05) is 103 Å². The van der Waals surface area contributed by atoms with Gasteiger partial charge in [0.15, 0.2) is 36.7 Å². The van der Waals surface area contributed by atoms with E-state index in [9.17, 15) is 30.0 Å². The molecule has 0 radical (unpaired) electrons. The molecule has 702 valence electrons. The van der Waals surface area contributed by atoms with Crippen molar-refractivity contribution < 1.29 is 125 Å². The highest BCUT2D eigenvalue weighted by atomic mass is 16.8. The Balaban J connectivity index is 0.000000215. The predicted molar refractivity (Wildman–Crippen MR) is 464 cm³/mol. The van der Waals surface area contributed by atoms with Gasteiger partial charge in [-0.2, -0.15) is 0 Å². The van der Waals surface area contributed by atoms with E-state index >= 15 is 0 Å². The molecule has 28 nitrogen and oxygen atoms in total. The molecule has 28 heteroatoms. The zero-order chi connectivity index (χ0) is 90.1. The molecule has 14 aliphatic rings. The van der Waals surface area contributed by atoms with Gasteiger partial charge < -0.3 is 126 Å². The molecule has 0 aromatic rings. The van der Waals surface area contributed by atoms with Crippen LogP contribution in [0.1, 0.15) is 181 Å². The lowest BCUT2D eigenvalue weighted by molar-refractivity contribution is -0.312. The van der Waals surface area contributed by atoms with E-state index < -0.39 is 133 Å². The van der Waals surface area contributed by atoms with Crippen LogP contribution < -0.4 is 10.6 Å². The fraction of sp³-hybridized carbons (Fsp3) is 0.773. The Bertz CT molecular complexity index is 3970. The number of fused-ring (bicyclic) bond motifs is 4. The van der Waals surface area contributed by atoms with Gasteiger partial charge in [-0.3, -0.25) is 9.59 Å². The Morgan fingerprint density at radius 3 is 1.23 bits per heavy atom. The lowest BCUT2D eigenvalue weighted by Crippen LogP contribution is -2.58. The molecule has 4 bridgehead atoms. The summed E-state index contributed by atoms with van der Waals surface area (Å²) in [4.78, 5) is 28.7. The molecule has 12 aliphatic heterocycles. The van der Waals surface area contributed by atoms with E-state index in [-0.39, 0.29) is 134 Å². The predicted octanol–water partition coefficient (Wildman–Crippen LogP) is 10.8. The summed E-state index contributed by atoms with van der Waals surface area (Å²) in [5, 5.41) is 54.1. The Morgan fingerprint density at radius 1 is 0.472 bits per heavy atom. The monoisotopic (exact) mass is 1760 g/mol. The van der Waals surface area contributed by atoms with Crippen LogP contribution in [0.2, 0.25) is 0 Å². The molecule has 39 atom stereocenters. The van der Waals surface area contributed by atoms with Gasteiger partial charge in [-0.25, -0.2) is 0 Å². The highest BCUT2D eigenvalue weighted by molar-refractivity contribution is 5.79. The molecule has 8 saturated heterocycles. The molecule has 0 aromatic carbocycles. The number of carbonyl (C=O) groups is 2. The van der Waals surface area contributed by atoms with Gasteiger partial charge in [-0.1, -0.05) is 135 Å². The molecule has 0 amide bonds. The van der Waals surface area contributed by atoms with Crippen LogP contribution in [0.5, 0.6) is 0 Å². The summed E-state index contributed by atoms with van der Waals surface area (Å²) in [6.07, 6.45) is 20.5. The minimum Gasteiger partial charge on any atom is -0.462 e. The quantitative estimate of drug-likeness (QED) is 0.0582. The Morgan fingerprint density at radius 2 is 0.848 bits per heavy atom. The van der Waals surface area contributed by atoms with Crippen LogP contribution in [-0.2, 0) is 104 Å². The maximum atomic E-state index is 14.4. The molecule has 8 fully saturated rings. The van der Waals surface area contributed by atoms with Gasteiger partial charge >= 0.3 is 11.9 Å². The molecular weight excluding hydrogens is 1610 g/mol. The Labute approximate surface area is 741 Å². The van der Waals surface area contributed by atoms with Crippen molar-refractivity contribution in [2.24, 2.45) is 47.3 Å². The summed E-state index contributed by atoms with van der Waals surface area (Å²) in [7, 11) is 10.6. The molecule has 1 unspecified atom stereocenters. The van der Waals surface area contributed by atoms with Crippen molar-refractivity contribution in [3.05, 3.63) is 119 Å². The van der Waals surface area contributed by atoms with E-state index in [0.29, 0.717) is 86.5 Å². The van der Waals surface area contributed by atoms with Crippen molar-refractivity contribution in [2.45, 2.75) is 376 Å². The fourth-order valence-electron chi connectivity index (χ4n) is 21.9. The van der Waals surface area contributed by atoms with Crippen LogP contribution in [0.3, 0.4) is 0 Å². The second kappa shape index (κ2) is 41.7. The van der Waals surface area contributed by atoms with Crippen molar-refractivity contribution in [1.82, 2.24) is 10.6 Å². The van der Waals surface area contributed by atoms with Gasteiger partial charge in [-0.05, 0) is 140 Å². The van der Waals surface area contributed by atoms with Crippen molar-refractivity contribution in [2.75, 3.05) is 55.7 Å². The first-order chi connectivity index (χ1) is 59.5. The first kappa shape index (κ1) is 97.9. The third kappa shape index (κ3) is 21.1. The average molecular weight is 1760 g/mol. The first-order valence-corrected chi connectivity index (χ1v) is 46.2. The van der Waals surface area contributed by atoms with Crippen LogP contribution in [-0.4, -0.2) is 282 Å². The normalized spacial score (nSPS) is 48.6. The zero-order valence-electron chi connectivity index (χ0n) is 77.8. The van der Waals surface area contributed by atoms with Crippen molar-refractivity contribution in [1.29, 1.82) is 0 Å². The summed E-state index contributed by atoms with van der Waals surface area (Å²) in [6.45, 7) is 32.7. The van der Waals surface area contributed by atoms with Crippen LogP contribution in [0.15, 0.2) is 119 Å². The summed E-state index contributed by atoms with van der Waals surface area (Å²) in [5.41, 5.74) is 0.355. The fourth-order valence-corrected chi connectivity index (χ4v) is 21.9. The van der Waals surface area contributed by atoms with Crippen LogP contribution in [0.4, 0.5) is 0 Å². The molecule has 125 heavy (non-hydrogen) atoms. The summed E-state index contributed by atoms with van der Waals surface area (Å²) in [5.74, 6) is -5.07. The maximum Gasteiger partial charge on any atom is 0.316 e. The maximum absolute atomic E-state index is 14.4. The topological polar surface area (TPSA) is 324 Å². The van der Waals surface area contributed by atoms with E-state index in [2.05, 4.69) is 104 Å². The number of methoxy groups -OCH3 is 4.